The molecule has 1 amide bonds. The van der Waals surface area contributed by atoms with Gasteiger partial charge in [0.15, 0.2) is 11.5 Å². The van der Waals surface area contributed by atoms with Crippen LogP contribution in [0.3, 0.4) is 0 Å². The summed E-state index contributed by atoms with van der Waals surface area (Å²) < 4.78 is 35.5. The summed E-state index contributed by atoms with van der Waals surface area (Å²) in [5, 5.41) is 16.9. The van der Waals surface area contributed by atoms with Gasteiger partial charge in [-0.05, 0) is 44.0 Å². The molecular formula is C20H28N4O5S. The van der Waals surface area contributed by atoms with Crippen molar-refractivity contribution in [3.63, 3.8) is 0 Å². The molecule has 1 unspecified atom stereocenters. The number of benzene rings is 1. The van der Waals surface area contributed by atoms with Crippen molar-refractivity contribution in [2.24, 2.45) is 5.14 Å². The highest BCUT2D eigenvalue weighted by Crippen LogP contribution is 2.31. The Morgan fingerprint density at radius 1 is 1.23 bits per heavy atom. The topological polar surface area (TPSA) is 144 Å². The summed E-state index contributed by atoms with van der Waals surface area (Å²) in [4.78, 5) is 12.5. The molecular weight excluding hydrogens is 408 g/mol. The molecule has 0 aliphatic heterocycles. The zero-order valence-corrected chi connectivity index (χ0v) is 18.2. The molecule has 10 heteroatoms. The van der Waals surface area contributed by atoms with E-state index in [1.165, 1.54) is 0 Å². The second-order valence-electron chi connectivity index (χ2n) is 6.01. The Labute approximate surface area is 177 Å². The van der Waals surface area contributed by atoms with E-state index in [0.717, 1.165) is 0 Å². The Hall–Kier alpha value is -2.87. The first-order valence-electron chi connectivity index (χ1n) is 9.49. The highest BCUT2D eigenvalue weighted by Gasteiger charge is 2.24. The van der Waals surface area contributed by atoms with Crippen LogP contribution in [0, 0.1) is 11.3 Å². The number of ether oxygens (including phenoxy) is 2. The van der Waals surface area contributed by atoms with Gasteiger partial charge in [0.05, 0.1) is 19.3 Å². The average Bonchev–Trinajstić information content (AvgIpc) is 2.67. The molecule has 4 N–H and O–H groups in total. The lowest BCUT2D eigenvalue weighted by atomic mass is 10.1. The lowest BCUT2D eigenvalue weighted by Gasteiger charge is -2.19. The summed E-state index contributed by atoms with van der Waals surface area (Å²) in [6, 6.07) is 5.91. The predicted octanol–water partition coefficient (Wildman–Crippen LogP) is 1.85. The number of nitrogens with zero attached hydrogens (tertiary/aromatic N) is 1. The van der Waals surface area contributed by atoms with Crippen LogP contribution in [0.1, 0.15) is 38.8 Å². The normalized spacial score (nSPS) is 13.0. The van der Waals surface area contributed by atoms with Crippen molar-refractivity contribution in [3.8, 4) is 17.6 Å². The highest BCUT2D eigenvalue weighted by atomic mass is 32.2. The number of nitriles is 1. The molecule has 0 aromatic heterocycles. The Bertz CT molecular complexity index is 920. The third-order valence-corrected chi connectivity index (χ3v) is 4.18. The Morgan fingerprint density at radius 3 is 2.47 bits per heavy atom. The zero-order chi connectivity index (χ0) is 22.6. The van der Waals surface area contributed by atoms with Gasteiger partial charge in [0.25, 0.3) is 16.1 Å². The number of rotatable bonds is 12. The fraction of sp³-hybridized carbons (Fsp3) is 0.400. The maximum absolute atomic E-state index is 12.5. The number of carbonyl (C=O) groups is 1. The van der Waals surface area contributed by atoms with E-state index in [2.05, 4.69) is 11.4 Å². The van der Waals surface area contributed by atoms with E-state index in [9.17, 15) is 13.2 Å². The Balaban J connectivity index is 3.16. The van der Waals surface area contributed by atoms with E-state index in [0.29, 0.717) is 42.3 Å². The Kier molecular flexibility index (Phi) is 10.6. The number of hydrogen-bond donors (Lipinski definition) is 3. The van der Waals surface area contributed by atoms with E-state index in [4.69, 9.17) is 19.9 Å². The van der Waals surface area contributed by atoms with Crippen LogP contribution >= 0.6 is 0 Å². The zero-order valence-electron chi connectivity index (χ0n) is 17.3. The quantitative estimate of drug-likeness (QED) is 0.335. The number of carbonyl (C=O) groups excluding carboxylic acids is 1. The SMILES string of the molecule is CC/C=C(C#N)\C=C/CNC(C(=O)NS(N)(=O)=O)c1ccc(OCC)c(OCC)c1. The molecule has 30 heavy (non-hydrogen) atoms. The predicted molar refractivity (Wildman–Crippen MR) is 114 cm³/mol. The van der Waals surface area contributed by atoms with Gasteiger partial charge in [-0.2, -0.15) is 13.7 Å². The molecule has 0 saturated carbocycles. The minimum atomic E-state index is -4.23. The molecule has 1 atom stereocenters. The summed E-state index contributed by atoms with van der Waals surface area (Å²) >= 11 is 0. The molecule has 0 aliphatic carbocycles. The van der Waals surface area contributed by atoms with Gasteiger partial charge in [-0.1, -0.05) is 25.1 Å². The van der Waals surface area contributed by atoms with Gasteiger partial charge in [0, 0.05) is 12.1 Å². The van der Waals surface area contributed by atoms with Crippen molar-refractivity contribution >= 4 is 16.1 Å². The second-order valence-corrected chi connectivity index (χ2v) is 7.30. The molecule has 1 rings (SSSR count). The van der Waals surface area contributed by atoms with Crippen molar-refractivity contribution < 1.29 is 22.7 Å². The van der Waals surface area contributed by atoms with Crippen LogP contribution in [0.4, 0.5) is 0 Å². The van der Waals surface area contributed by atoms with Gasteiger partial charge in [-0.3, -0.25) is 10.1 Å². The Morgan fingerprint density at radius 2 is 1.90 bits per heavy atom. The lowest BCUT2D eigenvalue weighted by Crippen LogP contribution is -2.43. The van der Waals surface area contributed by atoms with Crippen molar-refractivity contribution in [1.29, 1.82) is 5.26 Å². The molecule has 1 aromatic rings. The molecule has 9 nitrogen and oxygen atoms in total. The molecule has 0 bridgehead atoms. The van der Waals surface area contributed by atoms with Crippen molar-refractivity contribution in [3.05, 3.63) is 47.6 Å². The van der Waals surface area contributed by atoms with Crippen molar-refractivity contribution in [2.45, 2.75) is 33.2 Å². The first-order valence-corrected chi connectivity index (χ1v) is 11.0. The fourth-order valence-corrected chi connectivity index (χ4v) is 2.95. The molecule has 0 aliphatic rings. The molecule has 0 heterocycles. The maximum Gasteiger partial charge on any atom is 0.298 e. The third kappa shape index (κ3) is 8.65. The molecule has 0 radical (unpaired) electrons. The monoisotopic (exact) mass is 436 g/mol. The van der Waals surface area contributed by atoms with Gasteiger partial charge in [-0.25, -0.2) is 9.86 Å². The van der Waals surface area contributed by atoms with Gasteiger partial charge < -0.3 is 9.47 Å². The molecule has 164 valence electrons. The van der Waals surface area contributed by atoms with Crippen LogP contribution in [0.2, 0.25) is 0 Å². The van der Waals surface area contributed by atoms with Gasteiger partial charge in [-0.15, -0.1) is 0 Å². The van der Waals surface area contributed by atoms with Crippen molar-refractivity contribution in [1.82, 2.24) is 10.0 Å². The fourth-order valence-electron chi connectivity index (χ4n) is 2.55. The third-order valence-electron chi connectivity index (χ3n) is 3.70. The maximum atomic E-state index is 12.5. The number of hydrogen-bond acceptors (Lipinski definition) is 7. The van der Waals surface area contributed by atoms with E-state index in [-0.39, 0.29) is 6.54 Å². The number of amides is 1. The smallest absolute Gasteiger partial charge is 0.298 e. The first-order chi connectivity index (χ1) is 14.3. The van der Waals surface area contributed by atoms with Gasteiger partial charge in [0.2, 0.25) is 0 Å². The van der Waals surface area contributed by atoms with Crippen LogP contribution in [-0.4, -0.2) is 34.1 Å². The van der Waals surface area contributed by atoms with E-state index in [1.807, 2.05) is 20.8 Å². The van der Waals surface area contributed by atoms with Gasteiger partial charge >= 0.3 is 0 Å². The van der Waals surface area contributed by atoms with Crippen LogP contribution in [0.15, 0.2) is 42.0 Å². The van der Waals surface area contributed by atoms with E-state index in [1.54, 1.807) is 41.1 Å². The van der Waals surface area contributed by atoms with Gasteiger partial charge in [0.1, 0.15) is 6.04 Å². The molecule has 0 fully saturated rings. The average molecular weight is 437 g/mol. The molecule has 0 spiro atoms. The number of nitrogens with one attached hydrogen (secondary N) is 2. The van der Waals surface area contributed by atoms with Crippen molar-refractivity contribution in [2.75, 3.05) is 19.8 Å². The standard InChI is InChI=1S/C20H28N4O5S/c1-4-8-15(14-21)9-7-12-23-19(20(25)24-30(22,26)27)16-10-11-17(28-5-2)18(13-16)29-6-3/h7-11,13,19,23H,4-6,12H2,1-3H3,(H,24,25)(H2,22,26,27)/b9-7-,15-8+. The summed E-state index contributed by atoms with van der Waals surface area (Å²) in [6.45, 7) is 6.58. The number of nitrogens with two attached hydrogens (primary N) is 1. The lowest BCUT2D eigenvalue weighted by molar-refractivity contribution is -0.121. The molecule has 1 aromatic carbocycles. The minimum Gasteiger partial charge on any atom is -0.490 e. The van der Waals surface area contributed by atoms with E-state index >= 15 is 0 Å². The molecule has 0 saturated heterocycles. The minimum absolute atomic E-state index is 0.197. The summed E-state index contributed by atoms with van der Waals surface area (Å²) in [5.41, 5.74) is 0.950. The summed E-state index contributed by atoms with van der Waals surface area (Å²) in [6.07, 6.45) is 5.77. The van der Waals surface area contributed by atoms with Crippen LogP contribution in [0.5, 0.6) is 11.5 Å². The largest absolute Gasteiger partial charge is 0.490 e. The van der Waals surface area contributed by atoms with Crippen LogP contribution in [-0.2, 0) is 15.0 Å². The second kappa shape index (κ2) is 12.6. The summed E-state index contributed by atoms with van der Waals surface area (Å²) in [5.74, 6) is 0.0966. The highest BCUT2D eigenvalue weighted by molar-refractivity contribution is 7.87. The van der Waals surface area contributed by atoms with Crippen LogP contribution < -0.4 is 24.7 Å². The summed E-state index contributed by atoms with van der Waals surface area (Å²) in [7, 11) is -4.23. The van der Waals surface area contributed by atoms with Crippen LogP contribution in [0.25, 0.3) is 0 Å². The van der Waals surface area contributed by atoms with E-state index < -0.39 is 22.2 Å². The first kappa shape index (κ1) is 25.2. The number of allylic oxidation sites excluding steroid dienone is 3.